The van der Waals surface area contributed by atoms with Crippen LogP contribution in [0.15, 0.2) is 35.4 Å². The smallest absolute Gasteiger partial charge is 0.243 e. The first-order valence-electron chi connectivity index (χ1n) is 10.6. The minimum Gasteiger partial charge on any atom is -0.370 e. The van der Waals surface area contributed by atoms with Gasteiger partial charge in [-0.05, 0) is 56.2 Å². The average molecular weight is 418 g/mol. The molecular formula is C22H31N3O3S. The Kier molecular flexibility index (Phi) is 5.82. The molecule has 2 aliphatic rings. The minimum absolute atomic E-state index is 0.0740. The van der Waals surface area contributed by atoms with Crippen LogP contribution in [-0.2, 0) is 14.8 Å². The molecule has 2 saturated heterocycles. The first-order valence-corrected chi connectivity index (χ1v) is 12.1. The monoisotopic (exact) mass is 417 g/mol. The lowest BCUT2D eigenvalue weighted by atomic mass is 10.0. The van der Waals surface area contributed by atoms with E-state index in [4.69, 9.17) is 4.74 Å². The van der Waals surface area contributed by atoms with Crippen LogP contribution in [0.5, 0.6) is 0 Å². The molecule has 1 aromatic carbocycles. The van der Waals surface area contributed by atoms with Crippen molar-refractivity contribution in [2.24, 2.45) is 0 Å². The van der Waals surface area contributed by atoms with Gasteiger partial charge in [0.2, 0.25) is 10.0 Å². The van der Waals surface area contributed by atoms with Gasteiger partial charge in [0.15, 0.2) is 0 Å². The molecule has 0 saturated carbocycles. The van der Waals surface area contributed by atoms with Gasteiger partial charge in [-0.3, -0.25) is 0 Å². The molecule has 0 N–H and O–H groups in total. The van der Waals surface area contributed by atoms with E-state index in [1.165, 1.54) is 0 Å². The zero-order chi connectivity index (χ0) is 20.6. The number of hydrogen-bond acceptors (Lipinski definition) is 4. The maximum Gasteiger partial charge on any atom is 0.243 e. The van der Waals surface area contributed by atoms with E-state index in [0.717, 1.165) is 49.4 Å². The van der Waals surface area contributed by atoms with E-state index in [-0.39, 0.29) is 12.1 Å². The predicted molar refractivity (Wildman–Crippen MR) is 112 cm³/mol. The van der Waals surface area contributed by atoms with Crippen molar-refractivity contribution in [2.75, 3.05) is 19.7 Å². The number of sulfonamides is 1. The quantitative estimate of drug-likeness (QED) is 0.732. The summed E-state index contributed by atoms with van der Waals surface area (Å²) in [6.07, 6.45) is 5.65. The van der Waals surface area contributed by atoms with Gasteiger partial charge in [0.1, 0.15) is 11.9 Å². The summed E-state index contributed by atoms with van der Waals surface area (Å²) in [7, 11) is -3.45. The highest BCUT2D eigenvalue weighted by Gasteiger charge is 2.33. The van der Waals surface area contributed by atoms with E-state index in [9.17, 15) is 8.42 Å². The lowest BCUT2D eigenvalue weighted by molar-refractivity contribution is 0.0982. The first-order chi connectivity index (χ1) is 13.9. The Hall–Kier alpha value is -1.70. The fraction of sp³-hybridized carbons (Fsp3) is 0.591. The molecular weight excluding hydrogens is 386 g/mol. The highest BCUT2D eigenvalue weighted by atomic mass is 32.2. The molecule has 3 heterocycles. The number of aromatic nitrogens is 2. The molecule has 7 heteroatoms. The third-order valence-corrected chi connectivity index (χ3v) is 8.11. The summed E-state index contributed by atoms with van der Waals surface area (Å²) in [6, 6.07) is 7.60. The van der Waals surface area contributed by atoms with Crippen LogP contribution in [-0.4, -0.2) is 42.0 Å². The molecule has 6 nitrogen and oxygen atoms in total. The van der Waals surface area contributed by atoms with Crippen molar-refractivity contribution in [3.63, 3.8) is 0 Å². The predicted octanol–water partition coefficient (Wildman–Crippen LogP) is 4.19. The van der Waals surface area contributed by atoms with E-state index in [2.05, 4.69) is 30.3 Å². The standard InChI is InChI=1S/C22H31N3O3S/c1-16(2)18-6-8-20(9-7-18)29(26,27)24-12-10-19(11-13-24)25-17(3)15-23-22(25)21-5-4-14-28-21/h6-9,15-16,19,21H,4-5,10-14H2,1-3H3. The number of hydrogen-bond donors (Lipinski definition) is 0. The fourth-order valence-corrected chi connectivity index (χ4v) is 5.94. The molecule has 4 rings (SSSR count). The van der Waals surface area contributed by atoms with Gasteiger partial charge >= 0.3 is 0 Å². The van der Waals surface area contributed by atoms with Crippen molar-refractivity contribution in [1.29, 1.82) is 0 Å². The second-order valence-corrected chi connectivity index (χ2v) is 10.4. The van der Waals surface area contributed by atoms with E-state index in [1.807, 2.05) is 18.3 Å². The molecule has 1 atom stereocenters. The summed E-state index contributed by atoms with van der Waals surface area (Å²) in [5, 5.41) is 0. The lowest BCUT2D eigenvalue weighted by Gasteiger charge is -2.33. The maximum atomic E-state index is 13.1. The molecule has 0 bridgehead atoms. The Morgan fingerprint density at radius 2 is 1.79 bits per heavy atom. The molecule has 0 spiro atoms. The van der Waals surface area contributed by atoms with Crippen molar-refractivity contribution < 1.29 is 13.2 Å². The molecule has 1 aromatic heterocycles. The number of aryl methyl sites for hydroxylation is 1. The van der Waals surface area contributed by atoms with E-state index in [1.54, 1.807) is 16.4 Å². The Morgan fingerprint density at radius 1 is 1.10 bits per heavy atom. The van der Waals surface area contributed by atoms with Gasteiger partial charge in [0.25, 0.3) is 0 Å². The van der Waals surface area contributed by atoms with Crippen LogP contribution in [0, 0.1) is 6.92 Å². The van der Waals surface area contributed by atoms with Gasteiger partial charge in [-0.15, -0.1) is 0 Å². The van der Waals surface area contributed by atoms with Crippen LogP contribution in [0.4, 0.5) is 0 Å². The van der Waals surface area contributed by atoms with Crippen LogP contribution in [0.2, 0.25) is 0 Å². The van der Waals surface area contributed by atoms with E-state index >= 15 is 0 Å². The number of nitrogens with zero attached hydrogens (tertiary/aromatic N) is 3. The number of benzene rings is 1. The van der Waals surface area contributed by atoms with E-state index in [0.29, 0.717) is 23.9 Å². The van der Waals surface area contributed by atoms with Gasteiger partial charge in [-0.25, -0.2) is 13.4 Å². The van der Waals surface area contributed by atoms with Crippen molar-refractivity contribution >= 4 is 10.0 Å². The van der Waals surface area contributed by atoms with Gasteiger partial charge in [-0.1, -0.05) is 26.0 Å². The van der Waals surface area contributed by atoms with Gasteiger partial charge in [0.05, 0.1) is 4.90 Å². The zero-order valence-corrected chi connectivity index (χ0v) is 18.4. The van der Waals surface area contributed by atoms with Crippen molar-refractivity contribution in [1.82, 2.24) is 13.9 Å². The lowest BCUT2D eigenvalue weighted by Crippen LogP contribution is -2.39. The Balaban J connectivity index is 1.47. The van der Waals surface area contributed by atoms with Crippen molar-refractivity contribution in [2.45, 2.75) is 69.4 Å². The molecule has 0 aliphatic carbocycles. The summed E-state index contributed by atoms with van der Waals surface area (Å²) in [4.78, 5) is 5.00. The normalized spacial score (nSPS) is 21.9. The fourth-order valence-electron chi connectivity index (χ4n) is 4.47. The van der Waals surface area contributed by atoms with Crippen LogP contribution >= 0.6 is 0 Å². The number of rotatable bonds is 5. The second kappa shape index (κ2) is 8.20. The summed E-state index contributed by atoms with van der Waals surface area (Å²) < 4.78 is 36.0. The molecule has 2 fully saturated rings. The Morgan fingerprint density at radius 3 is 2.38 bits per heavy atom. The summed E-state index contributed by atoms with van der Waals surface area (Å²) in [5.41, 5.74) is 2.28. The number of piperidine rings is 1. The topological polar surface area (TPSA) is 64.4 Å². The number of ether oxygens (including phenoxy) is 1. The molecule has 1 unspecified atom stereocenters. The Bertz CT molecular complexity index is 936. The molecule has 2 aliphatic heterocycles. The number of imidazole rings is 1. The molecule has 2 aromatic rings. The third kappa shape index (κ3) is 4.00. The van der Waals surface area contributed by atoms with Crippen LogP contribution < -0.4 is 0 Å². The average Bonchev–Trinajstić information content (AvgIpc) is 3.37. The highest BCUT2D eigenvalue weighted by Crippen LogP contribution is 2.34. The molecule has 0 amide bonds. The summed E-state index contributed by atoms with van der Waals surface area (Å²) in [5.74, 6) is 1.39. The van der Waals surface area contributed by atoms with Gasteiger partial charge < -0.3 is 9.30 Å². The van der Waals surface area contributed by atoms with Gasteiger partial charge in [-0.2, -0.15) is 4.31 Å². The summed E-state index contributed by atoms with van der Waals surface area (Å²) >= 11 is 0. The van der Waals surface area contributed by atoms with Crippen LogP contribution in [0.25, 0.3) is 0 Å². The van der Waals surface area contributed by atoms with Crippen LogP contribution in [0.3, 0.4) is 0 Å². The third-order valence-electron chi connectivity index (χ3n) is 6.20. The van der Waals surface area contributed by atoms with Crippen molar-refractivity contribution in [3.8, 4) is 0 Å². The van der Waals surface area contributed by atoms with Crippen molar-refractivity contribution in [3.05, 3.63) is 47.5 Å². The largest absolute Gasteiger partial charge is 0.370 e. The SMILES string of the molecule is Cc1cnc(C2CCCO2)n1C1CCN(S(=O)(=O)c2ccc(C(C)C)cc2)CC1. The first kappa shape index (κ1) is 20.6. The summed E-state index contributed by atoms with van der Waals surface area (Å²) in [6.45, 7) is 8.14. The Labute approximate surface area is 173 Å². The molecule has 29 heavy (non-hydrogen) atoms. The van der Waals surface area contributed by atoms with Gasteiger partial charge in [0, 0.05) is 37.6 Å². The van der Waals surface area contributed by atoms with E-state index < -0.39 is 10.0 Å². The minimum atomic E-state index is -3.45. The molecule has 0 radical (unpaired) electrons. The molecule has 158 valence electrons. The maximum absolute atomic E-state index is 13.1. The second-order valence-electron chi connectivity index (χ2n) is 8.49. The highest BCUT2D eigenvalue weighted by molar-refractivity contribution is 7.89. The zero-order valence-electron chi connectivity index (χ0n) is 17.5. The van der Waals surface area contributed by atoms with Crippen LogP contribution in [0.1, 0.15) is 74.7 Å².